The zero-order valence-corrected chi connectivity index (χ0v) is 11.4. The zero-order valence-electron chi connectivity index (χ0n) is 11.4. The number of carbonyl (C=O) groups excluding carboxylic acids is 1. The van der Waals surface area contributed by atoms with Crippen LogP contribution in [0.3, 0.4) is 0 Å². The van der Waals surface area contributed by atoms with Gasteiger partial charge in [0, 0.05) is 13.0 Å². The molecule has 0 radical (unpaired) electrons. The summed E-state index contributed by atoms with van der Waals surface area (Å²) in [7, 11) is 1.51. The average molecular weight is 265 g/mol. The van der Waals surface area contributed by atoms with Gasteiger partial charge in [-0.15, -0.1) is 0 Å². The molecule has 5 nitrogen and oxygen atoms in total. The van der Waals surface area contributed by atoms with E-state index >= 15 is 0 Å². The molecule has 1 unspecified atom stereocenters. The number of nitrogens with one attached hydrogen (secondary N) is 1. The maximum Gasteiger partial charge on any atom is 0.303 e. The van der Waals surface area contributed by atoms with Crippen molar-refractivity contribution >= 4 is 11.9 Å². The molecule has 0 heterocycles. The lowest BCUT2D eigenvalue weighted by Crippen LogP contribution is -2.29. The van der Waals surface area contributed by atoms with E-state index < -0.39 is 5.97 Å². The summed E-state index contributed by atoms with van der Waals surface area (Å²) in [5, 5.41) is 11.4. The largest absolute Gasteiger partial charge is 0.496 e. The molecule has 0 saturated carbocycles. The normalized spacial score (nSPS) is 11.7. The highest BCUT2D eigenvalue weighted by Gasteiger charge is 2.14. The molecule has 1 rings (SSSR count). The van der Waals surface area contributed by atoms with E-state index in [1.165, 1.54) is 7.11 Å². The summed E-state index contributed by atoms with van der Waals surface area (Å²) in [6.45, 7) is 3.99. The van der Waals surface area contributed by atoms with Gasteiger partial charge in [0.1, 0.15) is 5.75 Å². The van der Waals surface area contributed by atoms with Gasteiger partial charge in [-0.2, -0.15) is 0 Å². The van der Waals surface area contributed by atoms with E-state index in [4.69, 9.17) is 9.84 Å². The molecule has 0 saturated heterocycles. The molecule has 0 bridgehead atoms. The Labute approximate surface area is 112 Å². The molecule has 1 amide bonds. The van der Waals surface area contributed by atoms with Crippen LogP contribution in [0.5, 0.6) is 5.75 Å². The van der Waals surface area contributed by atoms with Crippen molar-refractivity contribution in [2.75, 3.05) is 13.7 Å². The van der Waals surface area contributed by atoms with Gasteiger partial charge in [0.2, 0.25) is 0 Å². The van der Waals surface area contributed by atoms with Crippen LogP contribution in [-0.2, 0) is 4.79 Å². The molecule has 0 aliphatic carbocycles. The van der Waals surface area contributed by atoms with Crippen molar-refractivity contribution in [2.45, 2.75) is 20.3 Å². The second kappa shape index (κ2) is 6.78. The van der Waals surface area contributed by atoms with Gasteiger partial charge in [0.15, 0.2) is 0 Å². The highest BCUT2D eigenvalue weighted by molar-refractivity contribution is 5.97. The lowest BCUT2D eigenvalue weighted by molar-refractivity contribution is -0.137. The summed E-state index contributed by atoms with van der Waals surface area (Å²) in [6, 6.07) is 5.35. The first-order valence-electron chi connectivity index (χ1n) is 6.08. The average Bonchev–Trinajstić information content (AvgIpc) is 2.35. The number of amides is 1. The van der Waals surface area contributed by atoms with Crippen LogP contribution < -0.4 is 10.1 Å². The van der Waals surface area contributed by atoms with E-state index in [2.05, 4.69) is 5.32 Å². The summed E-state index contributed by atoms with van der Waals surface area (Å²) < 4.78 is 5.14. The second-order valence-corrected chi connectivity index (χ2v) is 4.62. The fraction of sp³-hybridized carbons (Fsp3) is 0.429. The van der Waals surface area contributed by atoms with Crippen molar-refractivity contribution in [2.24, 2.45) is 5.92 Å². The molecule has 0 fully saturated rings. The van der Waals surface area contributed by atoms with E-state index in [0.29, 0.717) is 17.9 Å². The van der Waals surface area contributed by atoms with Crippen LogP contribution in [0.2, 0.25) is 0 Å². The van der Waals surface area contributed by atoms with Crippen LogP contribution in [0.4, 0.5) is 0 Å². The van der Waals surface area contributed by atoms with Gasteiger partial charge >= 0.3 is 5.97 Å². The lowest BCUT2D eigenvalue weighted by Gasteiger charge is -2.12. The van der Waals surface area contributed by atoms with Crippen LogP contribution in [0.1, 0.15) is 29.3 Å². The molecule has 104 valence electrons. The van der Waals surface area contributed by atoms with Crippen LogP contribution in [0.15, 0.2) is 18.2 Å². The number of ether oxygens (including phenoxy) is 1. The number of rotatable bonds is 6. The Morgan fingerprint density at radius 3 is 2.68 bits per heavy atom. The lowest BCUT2D eigenvalue weighted by atomic mass is 10.1. The Hall–Kier alpha value is -2.04. The Kier molecular flexibility index (Phi) is 5.36. The van der Waals surface area contributed by atoms with E-state index in [1.807, 2.05) is 13.0 Å². The molecule has 0 aromatic heterocycles. The van der Waals surface area contributed by atoms with E-state index in [-0.39, 0.29) is 18.2 Å². The standard InChI is InChI=1S/C14H19NO4/c1-9-4-5-12(19-3)11(6-9)14(18)15-8-10(2)7-13(16)17/h4-6,10H,7-8H2,1-3H3,(H,15,18)(H,16,17). The van der Waals surface area contributed by atoms with Crippen LogP contribution in [0, 0.1) is 12.8 Å². The minimum Gasteiger partial charge on any atom is -0.496 e. The van der Waals surface area contributed by atoms with Gasteiger partial charge in [-0.1, -0.05) is 18.6 Å². The van der Waals surface area contributed by atoms with Crippen molar-refractivity contribution in [3.8, 4) is 5.75 Å². The number of aliphatic carboxylic acids is 1. The summed E-state index contributed by atoms with van der Waals surface area (Å²) in [6.07, 6.45) is 0.0330. The third-order valence-electron chi connectivity index (χ3n) is 2.73. The number of hydrogen-bond donors (Lipinski definition) is 2. The minimum atomic E-state index is -0.866. The Balaban J connectivity index is 2.68. The molecule has 19 heavy (non-hydrogen) atoms. The maximum absolute atomic E-state index is 12.0. The van der Waals surface area contributed by atoms with Crippen molar-refractivity contribution in [1.29, 1.82) is 0 Å². The van der Waals surface area contributed by atoms with Crippen molar-refractivity contribution in [3.05, 3.63) is 29.3 Å². The Morgan fingerprint density at radius 1 is 1.42 bits per heavy atom. The third kappa shape index (κ3) is 4.62. The topological polar surface area (TPSA) is 75.6 Å². The van der Waals surface area contributed by atoms with E-state index in [9.17, 15) is 9.59 Å². The molecule has 2 N–H and O–H groups in total. The zero-order chi connectivity index (χ0) is 14.4. The molecule has 1 aromatic carbocycles. The van der Waals surface area contributed by atoms with Crippen molar-refractivity contribution in [3.63, 3.8) is 0 Å². The minimum absolute atomic E-state index is 0.0330. The highest BCUT2D eigenvalue weighted by atomic mass is 16.5. The van der Waals surface area contributed by atoms with Gasteiger partial charge in [-0.25, -0.2) is 0 Å². The molecule has 1 aromatic rings. The number of methoxy groups -OCH3 is 1. The second-order valence-electron chi connectivity index (χ2n) is 4.62. The predicted octanol–water partition coefficient (Wildman–Crippen LogP) is 1.84. The Bertz CT molecular complexity index is 471. The molecular formula is C14H19NO4. The smallest absolute Gasteiger partial charge is 0.303 e. The number of benzene rings is 1. The summed E-state index contributed by atoms with van der Waals surface area (Å²) in [5.74, 6) is -0.723. The summed E-state index contributed by atoms with van der Waals surface area (Å²) >= 11 is 0. The SMILES string of the molecule is COc1ccc(C)cc1C(=O)NCC(C)CC(=O)O. The molecular weight excluding hydrogens is 246 g/mol. The number of carboxylic acid groups (broad SMARTS) is 1. The first-order valence-corrected chi connectivity index (χ1v) is 6.08. The fourth-order valence-electron chi connectivity index (χ4n) is 1.73. The number of hydrogen-bond acceptors (Lipinski definition) is 3. The fourth-order valence-corrected chi connectivity index (χ4v) is 1.73. The monoisotopic (exact) mass is 265 g/mol. The molecule has 0 spiro atoms. The highest BCUT2D eigenvalue weighted by Crippen LogP contribution is 2.19. The van der Waals surface area contributed by atoms with Crippen LogP contribution in [-0.4, -0.2) is 30.6 Å². The van der Waals surface area contributed by atoms with Gasteiger partial charge in [-0.05, 0) is 25.0 Å². The quantitative estimate of drug-likeness (QED) is 0.823. The number of carboxylic acids is 1. The third-order valence-corrected chi connectivity index (χ3v) is 2.73. The maximum atomic E-state index is 12.0. The van der Waals surface area contributed by atoms with Crippen molar-refractivity contribution in [1.82, 2.24) is 5.32 Å². The van der Waals surface area contributed by atoms with E-state index in [0.717, 1.165) is 5.56 Å². The molecule has 5 heteroatoms. The predicted molar refractivity (Wildman–Crippen MR) is 71.5 cm³/mol. The molecule has 0 aliphatic rings. The number of carbonyl (C=O) groups is 2. The van der Waals surface area contributed by atoms with Crippen LogP contribution >= 0.6 is 0 Å². The molecule has 0 aliphatic heterocycles. The number of aryl methyl sites for hydroxylation is 1. The van der Waals surface area contributed by atoms with Gasteiger partial charge in [-0.3, -0.25) is 9.59 Å². The van der Waals surface area contributed by atoms with Gasteiger partial charge < -0.3 is 15.2 Å². The summed E-state index contributed by atoms with van der Waals surface area (Å²) in [4.78, 5) is 22.6. The molecule has 1 atom stereocenters. The van der Waals surface area contributed by atoms with Gasteiger partial charge in [0.25, 0.3) is 5.91 Å². The van der Waals surface area contributed by atoms with Crippen molar-refractivity contribution < 1.29 is 19.4 Å². The van der Waals surface area contributed by atoms with Crippen LogP contribution in [0.25, 0.3) is 0 Å². The first-order chi connectivity index (χ1) is 8.93. The summed E-state index contributed by atoms with van der Waals surface area (Å²) in [5.41, 5.74) is 1.43. The Morgan fingerprint density at radius 2 is 2.11 bits per heavy atom. The van der Waals surface area contributed by atoms with E-state index in [1.54, 1.807) is 19.1 Å². The first kappa shape index (κ1) is 15.0. The van der Waals surface area contributed by atoms with Gasteiger partial charge in [0.05, 0.1) is 12.7 Å².